The summed E-state index contributed by atoms with van der Waals surface area (Å²) in [5.74, 6) is -0.140. The first-order chi connectivity index (χ1) is 12.7. The normalized spacial score (nSPS) is 17.9. The van der Waals surface area contributed by atoms with Gasteiger partial charge in [-0.3, -0.25) is 9.59 Å². The molecule has 0 bridgehead atoms. The summed E-state index contributed by atoms with van der Waals surface area (Å²) in [6.45, 7) is 10.6. The van der Waals surface area contributed by atoms with Crippen molar-refractivity contribution in [3.05, 3.63) is 24.3 Å². The lowest BCUT2D eigenvalue weighted by Gasteiger charge is -2.34. The second-order valence-corrected chi connectivity index (χ2v) is 8.58. The van der Waals surface area contributed by atoms with Gasteiger partial charge in [0, 0.05) is 18.0 Å². The van der Waals surface area contributed by atoms with E-state index in [9.17, 15) is 9.59 Å². The third kappa shape index (κ3) is 4.89. The highest BCUT2D eigenvalue weighted by Gasteiger charge is 2.36. The van der Waals surface area contributed by atoms with Gasteiger partial charge >= 0.3 is 0 Å². The largest absolute Gasteiger partial charge is 0.365 e. The summed E-state index contributed by atoms with van der Waals surface area (Å²) < 4.78 is 0. The number of anilines is 2. The van der Waals surface area contributed by atoms with Crippen LogP contribution in [0.2, 0.25) is 0 Å². The first-order valence-electron chi connectivity index (χ1n) is 10.2. The molecule has 2 rings (SSSR count). The lowest BCUT2D eigenvalue weighted by molar-refractivity contribution is -0.127. The van der Waals surface area contributed by atoms with E-state index in [1.807, 2.05) is 45.0 Å². The molecule has 1 heterocycles. The number of nitrogens with zero attached hydrogens (tertiary/aromatic N) is 2. The van der Waals surface area contributed by atoms with Gasteiger partial charge in [-0.2, -0.15) is 0 Å². The smallest absolute Gasteiger partial charge is 0.246 e. The van der Waals surface area contributed by atoms with E-state index in [1.165, 1.54) is 0 Å². The van der Waals surface area contributed by atoms with Crippen molar-refractivity contribution < 1.29 is 9.59 Å². The molecule has 1 aromatic rings. The molecule has 1 aliphatic rings. The van der Waals surface area contributed by atoms with Crippen LogP contribution >= 0.6 is 0 Å². The van der Waals surface area contributed by atoms with E-state index in [1.54, 1.807) is 4.90 Å². The Morgan fingerprint density at radius 1 is 1.15 bits per heavy atom. The van der Waals surface area contributed by atoms with Gasteiger partial charge in [-0.1, -0.05) is 59.6 Å². The molecule has 0 fully saturated rings. The zero-order chi connectivity index (χ0) is 20.2. The predicted molar refractivity (Wildman–Crippen MR) is 112 cm³/mol. The van der Waals surface area contributed by atoms with Crippen molar-refractivity contribution in [1.82, 2.24) is 0 Å². The monoisotopic (exact) mass is 373 g/mol. The number of hydrogen-bond acceptors (Lipinski definition) is 4. The summed E-state index contributed by atoms with van der Waals surface area (Å²) in [6, 6.07) is 7.60. The number of Topliss-reactive ketones (excluding diaryl/α,β-unsaturated/α-hetero) is 1. The van der Waals surface area contributed by atoms with Gasteiger partial charge in [-0.25, -0.2) is 0 Å². The van der Waals surface area contributed by atoms with Gasteiger partial charge in [0.1, 0.15) is 6.04 Å². The van der Waals surface area contributed by atoms with E-state index in [0.29, 0.717) is 12.6 Å². The van der Waals surface area contributed by atoms with Gasteiger partial charge in [0.2, 0.25) is 5.91 Å². The highest BCUT2D eigenvalue weighted by Crippen LogP contribution is 2.35. The van der Waals surface area contributed by atoms with Crippen LogP contribution in [-0.4, -0.2) is 36.9 Å². The van der Waals surface area contributed by atoms with Gasteiger partial charge in [0.15, 0.2) is 5.78 Å². The molecular formula is C22H35N3O2. The van der Waals surface area contributed by atoms with Crippen molar-refractivity contribution in [1.29, 1.82) is 0 Å². The van der Waals surface area contributed by atoms with Gasteiger partial charge < -0.3 is 15.5 Å². The molecule has 0 radical (unpaired) electrons. The van der Waals surface area contributed by atoms with Crippen molar-refractivity contribution in [2.45, 2.75) is 72.4 Å². The number of fused-ring (bicyclic) bond motifs is 1. The Morgan fingerprint density at radius 2 is 1.70 bits per heavy atom. The molecule has 0 saturated heterocycles. The van der Waals surface area contributed by atoms with E-state index < -0.39 is 11.5 Å². The number of benzene rings is 1. The fraction of sp³-hybridized carbons (Fsp3) is 0.636. The fourth-order valence-corrected chi connectivity index (χ4v) is 3.65. The van der Waals surface area contributed by atoms with E-state index in [-0.39, 0.29) is 18.2 Å². The van der Waals surface area contributed by atoms with Crippen molar-refractivity contribution in [2.24, 2.45) is 11.1 Å². The molecule has 5 nitrogen and oxygen atoms in total. The molecule has 2 N–H and O–H groups in total. The third-order valence-corrected chi connectivity index (χ3v) is 5.28. The molecule has 0 saturated carbocycles. The van der Waals surface area contributed by atoms with E-state index in [0.717, 1.165) is 37.1 Å². The minimum Gasteiger partial charge on any atom is -0.365 e. The Morgan fingerprint density at radius 3 is 2.22 bits per heavy atom. The lowest BCUT2D eigenvalue weighted by Crippen LogP contribution is -2.50. The van der Waals surface area contributed by atoms with Crippen LogP contribution in [-0.2, 0) is 9.59 Å². The van der Waals surface area contributed by atoms with Gasteiger partial charge in [-0.05, 0) is 25.0 Å². The van der Waals surface area contributed by atoms with E-state index in [4.69, 9.17) is 5.73 Å². The predicted octanol–water partition coefficient (Wildman–Crippen LogP) is 3.75. The number of carbonyl (C=O) groups is 2. The quantitative estimate of drug-likeness (QED) is 0.790. The van der Waals surface area contributed by atoms with Crippen LogP contribution in [0.1, 0.15) is 60.3 Å². The lowest BCUT2D eigenvalue weighted by atomic mass is 9.90. The molecule has 0 unspecified atom stereocenters. The Labute approximate surface area is 163 Å². The summed E-state index contributed by atoms with van der Waals surface area (Å²) in [5.41, 5.74) is 7.61. The summed E-state index contributed by atoms with van der Waals surface area (Å²) >= 11 is 0. The zero-order valence-electron chi connectivity index (χ0n) is 17.5. The van der Waals surface area contributed by atoms with Crippen molar-refractivity contribution in [2.75, 3.05) is 22.9 Å². The Kier molecular flexibility index (Phi) is 7.04. The number of rotatable bonds is 7. The first kappa shape index (κ1) is 21.4. The van der Waals surface area contributed by atoms with Crippen molar-refractivity contribution >= 4 is 23.1 Å². The minimum absolute atomic E-state index is 0.0324. The Hall–Kier alpha value is -1.88. The highest BCUT2D eigenvalue weighted by molar-refractivity contribution is 6.06. The second kappa shape index (κ2) is 8.87. The van der Waals surface area contributed by atoms with Crippen LogP contribution in [0.25, 0.3) is 0 Å². The number of ketones is 1. The van der Waals surface area contributed by atoms with Gasteiger partial charge in [0.25, 0.3) is 0 Å². The molecule has 1 aliphatic heterocycles. The third-order valence-electron chi connectivity index (χ3n) is 5.28. The number of para-hydroxylation sites is 2. The standard InChI is InChI=1S/C22H35N3O2/c1-6-10-16(11-7-2)24-14-17(23)21(27)25(15-20(26)22(3,4)5)19-13-9-8-12-18(19)24/h8-9,12-13,16-17H,6-7,10-11,14-15,23H2,1-5H3/t17-/m1/s1. The maximum absolute atomic E-state index is 13.1. The topological polar surface area (TPSA) is 66.6 Å². The summed E-state index contributed by atoms with van der Waals surface area (Å²) in [4.78, 5) is 29.7. The summed E-state index contributed by atoms with van der Waals surface area (Å²) in [5, 5.41) is 0. The molecule has 0 spiro atoms. The van der Waals surface area contributed by atoms with Crippen LogP contribution in [0.15, 0.2) is 24.3 Å². The summed E-state index contributed by atoms with van der Waals surface area (Å²) in [6.07, 6.45) is 4.28. The van der Waals surface area contributed by atoms with Gasteiger partial charge in [0.05, 0.1) is 17.9 Å². The molecule has 27 heavy (non-hydrogen) atoms. The van der Waals surface area contributed by atoms with Crippen LogP contribution in [0, 0.1) is 5.41 Å². The van der Waals surface area contributed by atoms with Crippen molar-refractivity contribution in [3.8, 4) is 0 Å². The van der Waals surface area contributed by atoms with E-state index in [2.05, 4.69) is 18.7 Å². The molecule has 0 aromatic heterocycles. The van der Waals surface area contributed by atoms with Crippen LogP contribution < -0.4 is 15.5 Å². The molecule has 0 aliphatic carbocycles. The maximum atomic E-state index is 13.1. The fourth-order valence-electron chi connectivity index (χ4n) is 3.65. The number of hydrogen-bond donors (Lipinski definition) is 1. The van der Waals surface area contributed by atoms with Crippen LogP contribution in [0.4, 0.5) is 11.4 Å². The number of amides is 1. The highest BCUT2D eigenvalue weighted by atomic mass is 16.2. The molecule has 5 heteroatoms. The van der Waals surface area contributed by atoms with Crippen molar-refractivity contribution in [3.63, 3.8) is 0 Å². The van der Waals surface area contributed by atoms with E-state index >= 15 is 0 Å². The SMILES string of the molecule is CCCC(CCC)N1C[C@@H](N)C(=O)N(CC(=O)C(C)(C)C)c2ccccc21. The number of carbonyl (C=O) groups excluding carboxylic acids is 2. The minimum atomic E-state index is -0.638. The average molecular weight is 374 g/mol. The Bertz CT molecular complexity index is 660. The maximum Gasteiger partial charge on any atom is 0.246 e. The van der Waals surface area contributed by atoms with Crippen LogP contribution in [0.3, 0.4) is 0 Å². The van der Waals surface area contributed by atoms with Gasteiger partial charge in [-0.15, -0.1) is 0 Å². The molecule has 150 valence electrons. The zero-order valence-corrected chi connectivity index (χ0v) is 17.5. The molecular weight excluding hydrogens is 338 g/mol. The number of nitrogens with two attached hydrogens (primary N) is 1. The Balaban J connectivity index is 2.48. The second-order valence-electron chi connectivity index (χ2n) is 8.58. The molecule has 1 atom stereocenters. The summed E-state index contributed by atoms with van der Waals surface area (Å²) in [7, 11) is 0. The average Bonchev–Trinajstić information content (AvgIpc) is 2.71. The van der Waals surface area contributed by atoms with Crippen LogP contribution in [0.5, 0.6) is 0 Å². The first-order valence-corrected chi connectivity index (χ1v) is 10.2. The molecule has 1 amide bonds. The molecule has 1 aromatic carbocycles.